The molecule has 1 saturated heterocycles. The second kappa shape index (κ2) is 10.7. The molecule has 2 aromatic rings. The van der Waals surface area contributed by atoms with Crippen LogP contribution in [0, 0.1) is 0 Å². The lowest BCUT2D eigenvalue weighted by atomic mass is 10.0. The van der Waals surface area contributed by atoms with E-state index in [1.807, 2.05) is 16.3 Å². The van der Waals surface area contributed by atoms with Crippen molar-refractivity contribution in [2.75, 3.05) is 13.1 Å². The summed E-state index contributed by atoms with van der Waals surface area (Å²) in [4.78, 5) is 19.1. The molecule has 26 heavy (non-hydrogen) atoms. The summed E-state index contributed by atoms with van der Waals surface area (Å²) in [6.45, 7) is 1.31. The van der Waals surface area contributed by atoms with Crippen molar-refractivity contribution < 1.29 is 4.79 Å². The van der Waals surface area contributed by atoms with Gasteiger partial charge in [0.2, 0.25) is 5.91 Å². The minimum atomic E-state index is 0. The Morgan fingerprint density at radius 2 is 2.08 bits per heavy atom. The van der Waals surface area contributed by atoms with Crippen molar-refractivity contribution >= 4 is 65.3 Å². The van der Waals surface area contributed by atoms with Crippen LogP contribution in [-0.2, 0) is 11.2 Å². The van der Waals surface area contributed by atoms with Gasteiger partial charge in [0.25, 0.3) is 0 Å². The maximum absolute atomic E-state index is 12.6. The van der Waals surface area contributed by atoms with Crippen LogP contribution < -0.4 is 5.73 Å². The van der Waals surface area contributed by atoms with E-state index in [-0.39, 0.29) is 36.8 Å². The second-order valence-electron chi connectivity index (χ2n) is 5.92. The zero-order valence-electron chi connectivity index (χ0n) is 14.0. The summed E-state index contributed by atoms with van der Waals surface area (Å²) in [5.41, 5.74) is 7.41. The number of rotatable bonds is 4. The summed E-state index contributed by atoms with van der Waals surface area (Å²) in [5.74, 6) is 0.101. The molecule has 0 radical (unpaired) electrons. The first kappa shape index (κ1) is 23.5. The van der Waals surface area contributed by atoms with E-state index in [4.69, 9.17) is 28.9 Å². The summed E-state index contributed by atoms with van der Waals surface area (Å²) in [6, 6.07) is 5.50. The fourth-order valence-corrected chi connectivity index (χ4v) is 4.42. The van der Waals surface area contributed by atoms with Crippen molar-refractivity contribution in [2.45, 2.75) is 31.7 Å². The minimum absolute atomic E-state index is 0. The number of carbonyl (C=O) groups is 1. The molecule has 1 amide bonds. The van der Waals surface area contributed by atoms with Gasteiger partial charge in [-0.15, -0.1) is 36.2 Å². The van der Waals surface area contributed by atoms with Crippen LogP contribution in [0.25, 0.3) is 10.6 Å². The van der Waals surface area contributed by atoms with Gasteiger partial charge in [-0.25, -0.2) is 4.98 Å². The fraction of sp³-hybridized carbons (Fsp3) is 0.412. The van der Waals surface area contributed by atoms with Crippen molar-refractivity contribution in [2.24, 2.45) is 5.73 Å². The van der Waals surface area contributed by atoms with Gasteiger partial charge in [0, 0.05) is 35.1 Å². The molecule has 1 atom stereocenters. The number of hydrogen-bond donors (Lipinski definition) is 1. The van der Waals surface area contributed by atoms with Crippen LogP contribution in [-0.4, -0.2) is 34.9 Å². The van der Waals surface area contributed by atoms with Gasteiger partial charge in [-0.05, 0) is 37.5 Å². The molecule has 2 heterocycles. The van der Waals surface area contributed by atoms with Crippen LogP contribution >= 0.6 is 59.4 Å². The van der Waals surface area contributed by atoms with Crippen molar-refractivity contribution in [3.63, 3.8) is 0 Å². The quantitative estimate of drug-likeness (QED) is 0.715. The van der Waals surface area contributed by atoms with Gasteiger partial charge in [-0.2, -0.15) is 0 Å². The van der Waals surface area contributed by atoms with Crippen LogP contribution in [0.15, 0.2) is 23.6 Å². The highest BCUT2D eigenvalue weighted by Gasteiger charge is 2.26. The topological polar surface area (TPSA) is 59.2 Å². The standard InChI is InChI=1S/C17H19Cl2N3OS.2ClH/c18-11-4-5-14(15(19)7-11)17-21-12(10-24-17)8-16(23)22-6-2-1-3-13(22)9-20;;/h4-5,7,10,13H,1-3,6,8-9,20H2;2*1H. The Labute approximate surface area is 179 Å². The molecule has 2 N–H and O–H groups in total. The van der Waals surface area contributed by atoms with E-state index in [0.29, 0.717) is 23.0 Å². The molecule has 0 spiro atoms. The average Bonchev–Trinajstić information content (AvgIpc) is 3.02. The third-order valence-electron chi connectivity index (χ3n) is 4.27. The number of amides is 1. The predicted octanol–water partition coefficient (Wildman–Crippen LogP) is 4.84. The van der Waals surface area contributed by atoms with E-state index >= 15 is 0 Å². The van der Waals surface area contributed by atoms with E-state index in [9.17, 15) is 4.79 Å². The largest absolute Gasteiger partial charge is 0.338 e. The van der Waals surface area contributed by atoms with Crippen molar-refractivity contribution in [1.82, 2.24) is 9.88 Å². The summed E-state index contributed by atoms with van der Waals surface area (Å²) in [5, 5.41) is 3.87. The van der Waals surface area contributed by atoms with E-state index in [1.165, 1.54) is 11.3 Å². The minimum Gasteiger partial charge on any atom is -0.338 e. The normalized spacial score (nSPS) is 16.6. The van der Waals surface area contributed by atoms with E-state index in [2.05, 4.69) is 4.98 Å². The maximum atomic E-state index is 12.6. The molecule has 1 aromatic carbocycles. The first-order chi connectivity index (χ1) is 11.6. The molecule has 0 bridgehead atoms. The molecule has 1 aliphatic heterocycles. The lowest BCUT2D eigenvalue weighted by molar-refractivity contribution is -0.133. The van der Waals surface area contributed by atoms with E-state index < -0.39 is 0 Å². The lowest BCUT2D eigenvalue weighted by Gasteiger charge is -2.35. The molecule has 4 nitrogen and oxygen atoms in total. The Kier molecular flexibility index (Phi) is 9.65. The Bertz CT molecular complexity index is 741. The Morgan fingerprint density at radius 1 is 1.31 bits per heavy atom. The van der Waals surface area contributed by atoms with E-state index in [1.54, 1.807) is 12.1 Å². The highest BCUT2D eigenvalue weighted by atomic mass is 35.5. The first-order valence-corrected chi connectivity index (χ1v) is 9.61. The zero-order chi connectivity index (χ0) is 17.1. The van der Waals surface area contributed by atoms with Crippen LogP contribution in [0.4, 0.5) is 0 Å². The van der Waals surface area contributed by atoms with Gasteiger partial charge >= 0.3 is 0 Å². The molecular weight excluding hydrogens is 436 g/mol. The van der Waals surface area contributed by atoms with Crippen molar-refractivity contribution in [3.8, 4) is 10.6 Å². The third-order valence-corrected chi connectivity index (χ3v) is 5.74. The number of likely N-dealkylation sites (tertiary alicyclic amines) is 1. The summed E-state index contributed by atoms with van der Waals surface area (Å²) >= 11 is 13.6. The number of halogens is 4. The average molecular weight is 457 g/mol. The molecule has 0 aliphatic carbocycles. The Balaban J connectivity index is 0.00000169. The summed E-state index contributed by atoms with van der Waals surface area (Å²) in [7, 11) is 0. The van der Waals surface area contributed by atoms with Gasteiger partial charge < -0.3 is 10.6 Å². The van der Waals surface area contributed by atoms with Gasteiger partial charge in [0.1, 0.15) is 5.01 Å². The molecule has 1 unspecified atom stereocenters. The highest BCUT2D eigenvalue weighted by molar-refractivity contribution is 7.13. The van der Waals surface area contributed by atoms with Gasteiger partial charge in [0.15, 0.2) is 0 Å². The number of carbonyl (C=O) groups excluding carboxylic acids is 1. The number of aromatic nitrogens is 1. The number of piperidine rings is 1. The molecule has 144 valence electrons. The third kappa shape index (κ3) is 5.47. The van der Waals surface area contributed by atoms with Crippen LogP contribution in [0.5, 0.6) is 0 Å². The second-order valence-corrected chi connectivity index (χ2v) is 7.62. The van der Waals surface area contributed by atoms with Crippen molar-refractivity contribution in [1.29, 1.82) is 0 Å². The monoisotopic (exact) mass is 455 g/mol. The number of nitrogens with zero attached hydrogens (tertiary/aromatic N) is 2. The van der Waals surface area contributed by atoms with E-state index in [0.717, 1.165) is 42.1 Å². The first-order valence-electron chi connectivity index (χ1n) is 7.98. The van der Waals surface area contributed by atoms with Crippen LogP contribution in [0.2, 0.25) is 10.0 Å². The lowest BCUT2D eigenvalue weighted by Crippen LogP contribution is -2.48. The molecule has 1 fully saturated rings. The summed E-state index contributed by atoms with van der Waals surface area (Å²) < 4.78 is 0. The van der Waals surface area contributed by atoms with Crippen LogP contribution in [0.1, 0.15) is 25.0 Å². The molecular formula is C17H21Cl4N3OS. The number of hydrogen-bond acceptors (Lipinski definition) is 4. The highest BCUT2D eigenvalue weighted by Crippen LogP contribution is 2.32. The van der Waals surface area contributed by atoms with Gasteiger partial charge in [0.05, 0.1) is 17.1 Å². The Morgan fingerprint density at radius 3 is 2.77 bits per heavy atom. The number of thiazole rings is 1. The molecule has 1 aromatic heterocycles. The smallest absolute Gasteiger partial charge is 0.228 e. The van der Waals surface area contributed by atoms with Crippen molar-refractivity contribution in [3.05, 3.63) is 39.3 Å². The SMILES string of the molecule is Cl.Cl.NCC1CCCCN1C(=O)Cc1csc(-c2ccc(Cl)cc2Cl)n1. The molecule has 0 saturated carbocycles. The summed E-state index contributed by atoms with van der Waals surface area (Å²) in [6.07, 6.45) is 3.48. The van der Waals surface area contributed by atoms with Gasteiger partial charge in [-0.1, -0.05) is 23.2 Å². The molecule has 1 aliphatic rings. The Hall–Kier alpha value is -0.560. The van der Waals surface area contributed by atoms with Crippen LogP contribution in [0.3, 0.4) is 0 Å². The zero-order valence-corrected chi connectivity index (χ0v) is 18.0. The number of benzene rings is 1. The molecule has 9 heteroatoms. The molecule has 3 rings (SSSR count). The predicted molar refractivity (Wildman–Crippen MR) is 114 cm³/mol. The van der Waals surface area contributed by atoms with Gasteiger partial charge in [-0.3, -0.25) is 4.79 Å². The maximum Gasteiger partial charge on any atom is 0.228 e. The fourth-order valence-electron chi connectivity index (χ4n) is 3.01. The number of nitrogens with two attached hydrogens (primary N) is 1.